The molecule has 2 N–H and O–H groups in total. The Morgan fingerprint density at radius 2 is 1.95 bits per heavy atom. The zero-order valence-corrected chi connectivity index (χ0v) is 11.2. The number of amides is 2. The summed E-state index contributed by atoms with van der Waals surface area (Å²) in [6.45, 7) is 0.795. The summed E-state index contributed by atoms with van der Waals surface area (Å²) in [5.74, 6) is -0.386. The van der Waals surface area contributed by atoms with Crippen LogP contribution in [0.4, 0.5) is 0 Å². The Hall–Kier alpha value is -1.72. The second kappa shape index (κ2) is 5.95. The van der Waals surface area contributed by atoms with Gasteiger partial charge in [-0.05, 0) is 12.8 Å². The van der Waals surface area contributed by atoms with Gasteiger partial charge in [-0.2, -0.15) is 0 Å². The SMILES string of the molecule is CNC(=O)C1(NC(=O)C2=COCCO2)CCCCC1. The van der Waals surface area contributed by atoms with Crippen LogP contribution in [0, 0.1) is 0 Å². The standard InChI is InChI=1S/C13H20N2O4/c1-14-12(17)13(5-3-2-4-6-13)15-11(16)10-9-18-7-8-19-10/h9H,2-8H2,1H3,(H,14,17)(H,15,16). The molecule has 6 heteroatoms. The van der Waals surface area contributed by atoms with Crippen LogP contribution in [0.25, 0.3) is 0 Å². The Morgan fingerprint density at radius 1 is 1.21 bits per heavy atom. The van der Waals surface area contributed by atoms with Crippen molar-refractivity contribution in [3.63, 3.8) is 0 Å². The molecule has 1 aliphatic carbocycles. The van der Waals surface area contributed by atoms with Crippen LogP contribution >= 0.6 is 0 Å². The molecule has 1 saturated carbocycles. The molecule has 0 radical (unpaired) electrons. The maximum absolute atomic E-state index is 12.1. The Bertz CT molecular complexity index is 386. The smallest absolute Gasteiger partial charge is 0.290 e. The van der Waals surface area contributed by atoms with Crippen LogP contribution in [0.5, 0.6) is 0 Å². The topological polar surface area (TPSA) is 76.7 Å². The van der Waals surface area contributed by atoms with Gasteiger partial charge in [-0.15, -0.1) is 0 Å². The number of hydrogen-bond acceptors (Lipinski definition) is 4. The molecule has 0 unspecified atom stereocenters. The molecule has 1 fully saturated rings. The van der Waals surface area contributed by atoms with E-state index in [9.17, 15) is 9.59 Å². The van der Waals surface area contributed by atoms with Crippen molar-refractivity contribution in [1.29, 1.82) is 0 Å². The van der Waals surface area contributed by atoms with Crippen molar-refractivity contribution < 1.29 is 19.1 Å². The molecule has 0 aromatic rings. The van der Waals surface area contributed by atoms with Gasteiger partial charge in [0.25, 0.3) is 5.91 Å². The van der Waals surface area contributed by atoms with Crippen LogP contribution in [0.3, 0.4) is 0 Å². The molecule has 19 heavy (non-hydrogen) atoms. The van der Waals surface area contributed by atoms with E-state index in [0.717, 1.165) is 19.3 Å². The van der Waals surface area contributed by atoms with Gasteiger partial charge in [0.2, 0.25) is 11.7 Å². The lowest BCUT2D eigenvalue weighted by Crippen LogP contribution is -2.59. The van der Waals surface area contributed by atoms with Gasteiger partial charge < -0.3 is 20.1 Å². The summed E-state index contributed by atoms with van der Waals surface area (Å²) in [4.78, 5) is 24.2. The number of rotatable bonds is 3. The molecule has 2 amide bonds. The van der Waals surface area contributed by atoms with Gasteiger partial charge in [0.05, 0.1) is 0 Å². The van der Waals surface area contributed by atoms with Gasteiger partial charge >= 0.3 is 0 Å². The van der Waals surface area contributed by atoms with E-state index in [-0.39, 0.29) is 17.6 Å². The number of nitrogens with one attached hydrogen (secondary N) is 2. The molecular weight excluding hydrogens is 248 g/mol. The lowest BCUT2D eigenvalue weighted by molar-refractivity contribution is -0.135. The minimum Gasteiger partial charge on any atom is -0.494 e. The Morgan fingerprint density at radius 3 is 2.53 bits per heavy atom. The first kappa shape index (κ1) is 13.7. The van der Waals surface area contributed by atoms with E-state index < -0.39 is 5.54 Å². The summed E-state index contributed by atoms with van der Waals surface area (Å²) in [7, 11) is 1.59. The van der Waals surface area contributed by atoms with E-state index in [1.165, 1.54) is 6.26 Å². The summed E-state index contributed by atoms with van der Waals surface area (Å²) < 4.78 is 10.3. The molecule has 1 heterocycles. The predicted octanol–water partition coefficient (Wildman–Crippen LogP) is 0.440. The maximum Gasteiger partial charge on any atom is 0.290 e. The van der Waals surface area contributed by atoms with Crippen LogP contribution < -0.4 is 10.6 Å². The molecule has 0 bridgehead atoms. The molecule has 0 aromatic carbocycles. The van der Waals surface area contributed by atoms with Crippen molar-refractivity contribution in [1.82, 2.24) is 10.6 Å². The second-order valence-corrected chi connectivity index (χ2v) is 4.88. The molecule has 0 atom stereocenters. The number of ether oxygens (including phenoxy) is 2. The quantitative estimate of drug-likeness (QED) is 0.778. The average molecular weight is 268 g/mol. The summed E-state index contributed by atoms with van der Waals surface area (Å²) in [5.41, 5.74) is -0.814. The van der Waals surface area contributed by atoms with Gasteiger partial charge in [0.1, 0.15) is 25.0 Å². The van der Waals surface area contributed by atoms with Crippen LogP contribution in [0.2, 0.25) is 0 Å². The fourth-order valence-electron chi connectivity index (χ4n) is 2.57. The number of carbonyl (C=O) groups is 2. The van der Waals surface area contributed by atoms with Crippen molar-refractivity contribution in [3.05, 3.63) is 12.0 Å². The molecule has 106 valence electrons. The highest BCUT2D eigenvalue weighted by Crippen LogP contribution is 2.29. The van der Waals surface area contributed by atoms with Gasteiger partial charge in [-0.25, -0.2) is 0 Å². The molecule has 6 nitrogen and oxygen atoms in total. The van der Waals surface area contributed by atoms with Gasteiger partial charge in [0, 0.05) is 7.05 Å². The number of carbonyl (C=O) groups excluding carboxylic acids is 2. The third-order valence-electron chi connectivity index (χ3n) is 3.59. The minimum atomic E-state index is -0.814. The van der Waals surface area contributed by atoms with E-state index in [1.54, 1.807) is 7.05 Å². The van der Waals surface area contributed by atoms with Crippen molar-refractivity contribution in [2.45, 2.75) is 37.6 Å². The Labute approximate surface area is 112 Å². The first-order valence-corrected chi connectivity index (χ1v) is 6.67. The first-order valence-electron chi connectivity index (χ1n) is 6.67. The fraction of sp³-hybridized carbons (Fsp3) is 0.692. The zero-order valence-electron chi connectivity index (χ0n) is 11.2. The molecule has 1 aliphatic heterocycles. The predicted molar refractivity (Wildman–Crippen MR) is 68.0 cm³/mol. The highest BCUT2D eigenvalue weighted by Gasteiger charge is 2.41. The number of hydrogen-bond donors (Lipinski definition) is 2. The van der Waals surface area contributed by atoms with Gasteiger partial charge in [0.15, 0.2) is 0 Å². The van der Waals surface area contributed by atoms with Crippen LogP contribution in [-0.4, -0.2) is 37.6 Å². The van der Waals surface area contributed by atoms with E-state index in [1.807, 2.05) is 0 Å². The van der Waals surface area contributed by atoms with Gasteiger partial charge in [-0.1, -0.05) is 19.3 Å². The highest BCUT2D eigenvalue weighted by atomic mass is 16.6. The van der Waals surface area contributed by atoms with E-state index in [4.69, 9.17) is 9.47 Å². The third kappa shape index (κ3) is 3.00. The van der Waals surface area contributed by atoms with E-state index in [0.29, 0.717) is 26.1 Å². The lowest BCUT2D eigenvalue weighted by Gasteiger charge is -2.36. The summed E-state index contributed by atoms with van der Waals surface area (Å²) in [6.07, 6.45) is 5.59. The summed E-state index contributed by atoms with van der Waals surface area (Å²) in [5, 5.41) is 5.47. The first-order chi connectivity index (χ1) is 9.18. The molecule has 2 aliphatic rings. The van der Waals surface area contributed by atoms with Gasteiger partial charge in [-0.3, -0.25) is 9.59 Å². The van der Waals surface area contributed by atoms with E-state index in [2.05, 4.69) is 10.6 Å². The van der Waals surface area contributed by atoms with Crippen molar-refractivity contribution in [2.24, 2.45) is 0 Å². The number of likely N-dealkylation sites (N-methyl/N-ethyl adjacent to an activating group) is 1. The fourth-order valence-corrected chi connectivity index (χ4v) is 2.57. The molecule has 0 saturated heterocycles. The normalized spacial score (nSPS) is 21.4. The van der Waals surface area contributed by atoms with Crippen LogP contribution in [-0.2, 0) is 19.1 Å². The van der Waals surface area contributed by atoms with E-state index >= 15 is 0 Å². The van der Waals surface area contributed by atoms with Crippen molar-refractivity contribution >= 4 is 11.8 Å². The molecule has 0 spiro atoms. The Balaban J connectivity index is 2.09. The largest absolute Gasteiger partial charge is 0.494 e. The molecule has 0 aromatic heterocycles. The summed E-state index contributed by atoms with van der Waals surface area (Å²) in [6, 6.07) is 0. The monoisotopic (exact) mass is 268 g/mol. The zero-order chi connectivity index (χ0) is 13.7. The lowest BCUT2D eigenvalue weighted by atomic mass is 9.80. The second-order valence-electron chi connectivity index (χ2n) is 4.88. The summed E-state index contributed by atoms with van der Waals surface area (Å²) >= 11 is 0. The maximum atomic E-state index is 12.1. The van der Waals surface area contributed by atoms with Crippen LogP contribution in [0.15, 0.2) is 12.0 Å². The van der Waals surface area contributed by atoms with Crippen molar-refractivity contribution in [2.75, 3.05) is 20.3 Å². The van der Waals surface area contributed by atoms with Crippen molar-refractivity contribution in [3.8, 4) is 0 Å². The minimum absolute atomic E-state index is 0.139. The average Bonchev–Trinajstić information content (AvgIpc) is 2.48. The third-order valence-corrected chi connectivity index (χ3v) is 3.59. The molecule has 2 rings (SSSR count). The highest BCUT2D eigenvalue weighted by molar-refractivity contribution is 5.97. The molecular formula is C13H20N2O4. The Kier molecular flexibility index (Phi) is 4.29. The van der Waals surface area contributed by atoms with Crippen LogP contribution in [0.1, 0.15) is 32.1 Å².